The first-order chi connectivity index (χ1) is 12.9. The topological polar surface area (TPSA) is 44.8 Å². The van der Waals surface area contributed by atoms with Gasteiger partial charge in [-0.2, -0.15) is 0 Å². The van der Waals surface area contributed by atoms with E-state index in [1.165, 1.54) is 16.8 Å². The van der Waals surface area contributed by atoms with Crippen molar-refractivity contribution in [3.05, 3.63) is 52.0 Å². The van der Waals surface area contributed by atoms with Crippen molar-refractivity contribution in [2.45, 2.75) is 20.8 Å². The van der Waals surface area contributed by atoms with Gasteiger partial charge in [0.1, 0.15) is 5.75 Å². The van der Waals surface area contributed by atoms with Crippen LogP contribution in [0.1, 0.15) is 16.7 Å². The molecule has 1 aliphatic heterocycles. The number of hydrogen-bond acceptors (Lipinski definition) is 3. The third kappa shape index (κ3) is 4.48. The van der Waals surface area contributed by atoms with Gasteiger partial charge in [0, 0.05) is 43.0 Å². The highest BCUT2D eigenvalue weighted by Gasteiger charge is 2.22. The summed E-state index contributed by atoms with van der Waals surface area (Å²) in [4.78, 5) is 16.9. The minimum Gasteiger partial charge on any atom is -0.495 e. The van der Waals surface area contributed by atoms with Crippen molar-refractivity contribution in [1.82, 2.24) is 4.90 Å². The van der Waals surface area contributed by atoms with E-state index < -0.39 is 0 Å². The Hall–Kier alpha value is -2.40. The summed E-state index contributed by atoms with van der Waals surface area (Å²) in [6.07, 6.45) is 0. The second kappa shape index (κ2) is 8.09. The summed E-state index contributed by atoms with van der Waals surface area (Å²) in [6, 6.07) is 10.0. The molecule has 144 valence electrons. The highest BCUT2D eigenvalue weighted by molar-refractivity contribution is 6.31. The Kier molecular flexibility index (Phi) is 5.80. The number of nitrogens with zero attached hydrogens (tertiary/aromatic N) is 2. The van der Waals surface area contributed by atoms with E-state index in [1.807, 2.05) is 17.9 Å². The predicted octanol–water partition coefficient (Wildman–Crippen LogP) is 4.63. The number of carbonyl (C=O) groups excluding carboxylic acids is 1. The Balaban J connectivity index is 1.64. The first-order valence-corrected chi connectivity index (χ1v) is 9.48. The Morgan fingerprint density at radius 2 is 1.63 bits per heavy atom. The van der Waals surface area contributed by atoms with E-state index in [4.69, 9.17) is 16.3 Å². The number of halogens is 1. The molecule has 5 nitrogen and oxygen atoms in total. The number of anilines is 2. The number of benzene rings is 2. The Morgan fingerprint density at radius 3 is 2.22 bits per heavy atom. The smallest absolute Gasteiger partial charge is 0.322 e. The summed E-state index contributed by atoms with van der Waals surface area (Å²) >= 11 is 6.14. The summed E-state index contributed by atoms with van der Waals surface area (Å²) in [6.45, 7) is 9.10. The summed E-state index contributed by atoms with van der Waals surface area (Å²) in [5, 5.41) is 3.57. The lowest BCUT2D eigenvalue weighted by molar-refractivity contribution is 0.208. The largest absolute Gasteiger partial charge is 0.495 e. The van der Waals surface area contributed by atoms with E-state index in [0.717, 1.165) is 18.7 Å². The van der Waals surface area contributed by atoms with Gasteiger partial charge in [-0.15, -0.1) is 0 Å². The van der Waals surface area contributed by atoms with Gasteiger partial charge in [-0.05, 0) is 55.7 Å². The maximum atomic E-state index is 12.7. The first-order valence-electron chi connectivity index (χ1n) is 9.10. The van der Waals surface area contributed by atoms with E-state index in [-0.39, 0.29) is 6.03 Å². The number of urea groups is 1. The molecule has 6 heteroatoms. The quantitative estimate of drug-likeness (QED) is 0.835. The molecule has 1 heterocycles. The van der Waals surface area contributed by atoms with Crippen molar-refractivity contribution in [2.24, 2.45) is 0 Å². The van der Waals surface area contributed by atoms with E-state index in [9.17, 15) is 4.79 Å². The van der Waals surface area contributed by atoms with Crippen LogP contribution >= 0.6 is 11.6 Å². The summed E-state index contributed by atoms with van der Waals surface area (Å²) in [7, 11) is 1.57. The molecule has 1 N–H and O–H groups in total. The molecule has 0 aromatic heterocycles. The summed E-state index contributed by atoms with van der Waals surface area (Å²) < 4.78 is 5.34. The van der Waals surface area contributed by atoms with Gasteiger partial charge < -0.3 is 19.9 Å². The summed E-state index contributed by atoms with van der Waals surface area (Å²) in [5.74, 6) is 0.563. The Labute approximate surface area is 165 Å². The van der Waals surface area contributed by atoms with Crippen molar-refractivity contribution in [1.29, 1.82) is 0 Å². The number of carbonyl (C=O) groups is 1. The summed E-state index contributed by atoms with van der Waals surface area (Å²) in [5.41, 5.74) is 5.28. The number of methoxy groups -OCH3 is 1. The lowest BCUT2D eigenvalue weighted by Gasteiger charge is -2.36. The van der Waals surface area contributed by atoms with Crippen LogP contribution in [0.2, 0.25) is 5.02 Å². The molecule has 2 aromatic carbocycles. The molecular weight excluding hydrogens is 362 g/mol. The van der Waals surface area contributed by atoms with Gasteiger partial charge in [0.05, 0.1) is 12.8 Å². The fraction of sp³-hybridized carbons (Fsp3) is 0.381. The van der Waals surface area contributed by atoms with Gasteiger partial charge in [0.15, 0.2) is 0 Å². The van der Waals surface area contributed by atoms with Crippen molar-refractivity contribution < 1.29 is 9.53 Å². The van der Waals surface area contributed by atoms with Crippen LogP contribution in [0.5, 0.6) is 5.75 Å². The lowest BCUT2D eigenvalue weighted by Crippen LogP contribution is -2.50. The average molecular weight is 388 g/mol. The molecule has 1 saturated heterocycles. The van der Waals surface area contributed by atoms with Crippen LogP contribution in [0, 0.1) is 20.8 Å². The van der Waals surface area contributed by atoms with Crippen molar-refractivity contribution in [3.63, 3.8) is 0 Å². The molecule has 0 saturated carbocycles. The number of rotatable bonds is 3. The Morgan fingerprint density at radius 1 is 1.00 bits per heavy atom. The number of nitrogens with one attached hydrogen (secondary N) is 1. The van der Waals surface area contributed by atoms with E-state index >= 15 is 0 Å². The number of ether oxygens (including phenoxy) is 1. The van der Waals surface area contributed by atoms with Crippen LogP contribution in [0.4, 0.5) is 16.2 Å². The molecule has 1 aliphatic rings. The molecule has 2 aromatic rings. The second-order valence-corrected chi connectivity index (χ2v) is 7.46. The molecule has 27 heavy (non-hydrogen) atoms. The van der Waals surface area contributed by atoms with Gasteiger partial charge >= 0.3 is 6.03 Å². The third-order valence-corrected chi connectivity index (χ3v) is 5.27. The highest BCUT2D eigenvalue weighted by atomic mass is 35.5. The molecule has 0 unspecified atom stereocenters. The first kappa shape index (κ1) is 19.4. The minimum absolute atomic E-state index is 0.116. The van der Waals surface area contributed by atoms with Gasteiger partial charge in [0.2, 0.25) is 0 Å². The van der Waals surface area contributed by atoms with Crippen molar-refractivity contribution >= 4 is 29.0 Å². The molecule has 0 aliphatic carbocycles. The van der Waals surface area contributed by atoms with Crippen LogP contribution in [-0.4, -0.2) is 44.2 Å². The predicted molar refractivity (Wildman–Crippen MR) is 111 cm³/mol. The SMILES string of the molecule is COc1cc(Cl)c(C)cc1NC(=O)N1CCN(c2cc(C)cc(C)c2)CC1. The molecule has 1 fully saturated rings. The molecule has 3 rings (SSSR count). The molecular formula is C21H26ClN3O2. The zero-order chi connectivity index (χ0) is 19.6. The van der Waals surface area contributed by atoms with E-state index in [2.05, 4.69) is 42.3 Å². The molecule has 0 spiro atoms. The zero-order valence-electron chi connectivity index (χ0n) is 16.3. The maximum Gasteiger partial charge on any atom is 0.322 e. The molecule has 0 atom stereocenters. The van der Waals surface area contributed by atoms with Crippen molar-refractivity contribution in [2.75, 3.05) is 43.5 Å². The van der Waals surface area contributed by atoms with Gasteiger partial charge in [-0.3, -0.25) is 0 Å². The van der Waals surface area contributed by atoms with E-state index in [1.54, 1.807) is 13.2 Å². The Bertz CT molecular complexity index is 825. The van der Waals surface area contributed by atoms with Crippen LogP contribution in [0.3, 0.4) is 0 Å². The van der Waals surface area contributed by atoms with Crippen LogP contribution < -0.4 is 15.0 Å². The van der Waals surface area contributed by atoms with Crippen LogP contribution in [-0.2, 0) is 0 Å². The lowest BCUT2D eigenvalue weighted by atomic mass is 10.1. The van der Waals surface area contributed by atoms with Crippen LogP contribution in [0.15, 0.2) is 30.3 Å². The number of aryl methyl sites for hydroxylation is 3. The van der Waals surface area contributed by atoms with Gasteiger partial charge in [-0.1, -0.05) is 17.7 Å². The second-order valence-electron chi connectivity index (χ2n) is 7.05. The zero-order valence-corrected chi connectivity index (χ0v) is 17.1. The molecule has 0 radical (unpaired) electrons. The number of amides is 2. The van der Waals surface area contributed by atoms with E-state index in [0.29, 0.717) is 29.5 Å². The van der Waals surface area contributed by atoms with Crippen molar-refractivity contribution in [3.8, 4) is 5.75 Å². The molecule has 0 bridgehead atoms. The average Bonchev–Trinajstić information content (AvgIpc) is 2.63. The van der Waals surface area contributed by atoms with Gasteiger partial charge in [0.25, 0.3) is 0 Å². The number of piperazine rings is 1. The maximum absolute atomic E-state index is 12.7. The highest BCUT2D eigenvalue weighted by Crippen LogP contribution is 2.31. The monoisotopic (exact) mass is 387 g/mol. The standard InChI is InChI=1S/C21H26ClN3O2/c1-14-9-15(2)11-17(10-14)24-5-7-25(8-6-24)21(26)23-19-12-16(3)18(22)13-20(19)27-4/h9-13H,5-8H2,1-4H3,(H,23,26). The number of hydrogen-bond donors (Lipinski definition) is 1. The normalized spacial score (nSPS) is 14.3. The molecule has 2 amide bonds. The van der Waals surface area contributed by atoms with Gasteiger partial charge in [-0.25, -0.2) is 4.79 Å². The fourth-order valence-electron chi connectivity index (χ4n) is 3.43. The minimum atomic E-state index is -0.116. The fourth-order valence-corrected chi connectivity index (χ4v) is 3.58. The van der Waals surface area contributed by atoms with Crippen LogP contribution in [0.25, 0.3) is 0 Å². The third-order valence-electron chi connectivity index (χ3n) is 4.86.